The van der Waals surface area contributed by atoms with Crippen LogP contribution >= 0.6 is 0 Å². The van der Waals surface area contributed by atoms with Gasteiger partial charge in [-0.05, 0) is 49.4 Å². The third-order valence-corrected chi connectivity index (χ3v) is 2.98. The Labute approximate surface area is 137 Å². The predicted molar refractivity (Wildman–Crippen MR) is 85.1 cm³/mol. The van der Waals surface area contributed by atoms with Crippen LogP contribution in [0.2, 0.25) is 0 Å². The minimum Gasteiger partial charge on any atom is -0.490 e. The van der Waals surface area contributed by atoms with Gasteiger partial charge in [0.25, 0.3) is 5.91 Å². The summed E-state index contributed by atoms with van der Waals surface area (Å²) in [5, 5.41) is 11.5. The Bertz CT molecular complexity index is 730. The fourth-order valence-electron chi connectivity index (χ4n) is 1.90. The molecule has 2 aromatic rings. The summed E-state index contributed by atoms with van der Waals surface area (Å²) in [6, 6.07) is 9.44. The number of benzene rings is 2. The van der Waals surface area contributed by atoms with Crippen molar-refractivity contribution in [3.63, 3.8) is 0 Å². The molecular weight excluding hydrogens is 317 g/mol. The summed E-state index contributed by atoms with van der Waals surface area (Å²) >= 11 is 0. The molecule has 126 valence electrons. The molecule has 0 atom stereocenters. The summed E-state index contributed by atoms with van der Waals surface area (Å²) < 4.78 is 23.5. The van der Waals surface area contributed by atoms with Crippen molar-refractivity contribution in [3.05, 3.63) is 53.8 Å². The van der Waals surface area contributed by atoms with Crippen molar-refractivity contribution in [1.82, 2.24) is 0 Å². The van der Waals surface area contributed by atoms with Crippen LogP contribution in [0.3, 0.4) is 0 Å². The molecule has 0 spiro atoms. The highest BCUT2D eigenvalue weighted by Crippen LogP contribution is 2.28. The Balaban J connectivity index is 2.01. The molecule has 0 fully saturated rings. The second-order valence-electron chi connectivity index (χ2n) is 4.74. The van der Waals surface area contributed by atoms with Crippen molar-refractivity contribution in [3.8, 4) is 11.5 Å². The Morgan fingerprint density at radius 1 is 1.08 bits per heavy atom. The molecule has 6 nitrogen and oxygen atoms in total. The second-order valence-corrected chi connectivity index (χ2v) is 4.74. The normalized spacial score (nSPS) is 10.1. The van der Waals surface area contributed by atoms with Crippen LogP contribution in [0, 0.1) is 5.82 Å². The molecule has 7 heteroatoms. The van der Waals surface area contributed by atoms with E-state index in [-0.39, 0.29) is 23.7 Å². The lowest BCUT2D eigenvalue weighted by Crippen LogP contribution is -2.20. The summed E-state index contributed by atoms with van der Waals surface area (Å²) in [7, 11) is 0. The average Bonchev–Trinajstić information content (AvgIpc) is 2.56. The van der Waals surface area contributed by atoms with Gasteiger partial charge < -0.3 is 19.9 Å². The fraction of sp³-hybridized carbons (Fsp3) is 0.176. The maximum absolute atomic E-state index is 12.8. The number of amides is 1. The highest BCUT2D eigenvalue weighted by atomic mass is 19.1. The summed E-state index contributed by atoms with van der Waals surface area (Å²) in [6.45, 7) is 1.77. The quantitative estimate of drug-likeness (QED) is 0.814. The van der Waals surface area contributed by atoms with Crippen molar-refractivity contribution in [2.45, 2.75) is 6.92 Å². The van der Waals surface area contributed by atoms with Gasteiger partial charge in [-0.2, -0.15) is 0 Å². The van der Waals surface area contributed by atoms with Crippen LogP contribution in [0.4, 0.5) is 10.1 Å². The number of aromatic carboxylic acids is 1. The van der Waals surface area contributed by atoms with Crippen LogP contribution in [0.1, 0.15) is 17.3 Å². The topological polar surface area (TPSA) is 84.9 Å². The third kappa shape index (κ3) is 4.70. The first-order valence-corrected chi connectivity index (χ1v) is 7.18. The number of anilines is 1. The first kappa shape index (κ1) is 17.3. The smallest absolute Gasteiger partial charge is 0.335 e. The van der Waals surface area contributed by atoms with Crippen LogP contribution in [0.25, 0.3) is 0 Å². The highest BCUT2D eigenvalue weighted by molar-refractivity contribution is 5.92. The first-order valence-electron chi connectivity index (χ1n) is 7.18. The van der Waals surface area contributed by atoms with Gasteiger partial charge in [-0.3, -0.25) is 4.79 Å². The minimum atomic E-state index is -1.09. The molecule has 0 aliphatic heterocycles. The standard InChI is InChI=1S/C17H16FNO5/c1-2-23-15-9-11(17(21)22)3-8-14(15)24-10-16(20)19-13-6-4-12(18)5-7-13/h3-9H,2,10H2,1H3,(H,19,20)(H,21,22). The Morgan fingerprint density at radius 2 is 1.79 bits per heavy atom. The summed E-state index contributed by atoms with van der Waals surface area (Å²) in [5.41, 5.74) is 0.498. The number of carboxylic acid groups (broad SMARTS) is 1. The molecule has 2 N–H and O–H groups in total. The van der Waals surface area contributed by atoms with Gasteiger partial charge in [0.15, 0.2) is 18.1 Å². The lowest BCUT2D eigenvalue weighted by Gasteiger charge is -2.12. The maximum atomic E-state index is 12.8. The number of hydrogen-bond donors (Lipinski definition) is 2. The van der Waals surface area contributed by atoms with E-state index >= 15 is 0 Å². The molecule has 24 heavy (non-hydrogen) atoms. The fourth-order valence-corrected chi connectivity index (χ4v) is 1.90. The second kappa shape index (κ2) is 7.96. The predicted octanol–water partition coefficient (Wildman–Crippen LogP) is 2.94. The Hall–Kier alpha value is -3.09. The van der Waals surface area contributed by atoms with Gasteiger partial charge in [-0.1, -0.05) is 0 Å². The number of carboxylic acids is 1. The number of halogens is 1. The van der Waals surface area contributed by atoms with E-state index in [9.17, 15) is 14.0 Å². The van der Waals surface area contributed by atoms with Crippen LogP contribution in [-0.2, 0) is 4.79 Å². The van der Waals surface area contributed by atoms with Gasteiger partial charge in [0.05, 0.1) is 12.2 Å². The molecule has 0 radical (unpaired) electrons. The first-order chi connectivity index (χ1) is 11.5. The maximum Gasteiger partial charge on any atom is 0.335 e. The number of nitrogens with one attached hydrogen (secondary N) is 1. The molecule has 0 unspecified atom stereocenters. The highest BCUT2D eigenvalue weighted by Gasteiger charge is 2.12. The zero-order chi connectivity index (χ0) is 17.5. The number of hydrogen-bond acceptors (Lipinski definition) is 4. The summed E-state index contributed by atoms with van der Waals surface area (Å²) in [6.07, 6.45) is 0. The zero-order valence-electron chi connectivity index (χ0n) is 12.9. The molecule has 0 heterocycles. The van der Waals surface area contributed by atoms with E-state index in [1.807, 2.05) is 0 Å². The molecule has 1 amide bonds. The van der Waals surface area contributed by atoms with Gasteiger partial charge >= 0.3 is 5.97 Å². The van der Waals surface area contributed by atoms with Gasteiger partial charge in [-0.15, -0.1) is 0 Å². The number of rotatable bonds is 7. The molecule has 0 bridgehead atoms. The third-order valence-electron chi connectivity index (χ3n) is 2.98. The average molecular weight is 333 g/mol. The number of ether oxygens (including phenoxy) is 2. The van der Waals surface area contributed by atoms with Crippen LogP contribution in [-0.4, -0.2) is 30.2 Å². The van der Waals surface area contributed by atoms with Crippen molar-refractivity contribution in [2.75, 3.05) is 18.5 Å². The molecule has 0 aliphatic rings. The zero-order valence-corrected chi connectivity index (χ0v) is 12.9. The summed E-state index contributed by atoms with van der Waals surface area (Å²) in [4.78, 5) is 22.8. The Kier molecular flexibility index (Phi) is 5.73. The van der Waals surface area contributed by atoms with Crippen molar-refractivity contribution < 1.29 is 28.6 Å². The number of carbonyl (C=O) groups excluding carboxylic acids is 1. The Morgan fingerprint density at radius 3 is 2.42 bits per heavy atom. The van der Waals surface area contributed by atoms with Gasteiger partial charge in [0, 0.05) is 5.69 Å². The van der Waals surface area contributed by atoms with E-state index in [2.05, 4.69) is 5.32 Å². The van der Waals surface area contributed by atoms with Crippen LogP contribution < -0.4 is 14.8 Å². The SMILES string of the molecule is CCOc1cc(C(=O)O)ccc1OCC(=O)Nc1ccc(F)cc1. The van der Waals surface area contributed by atoms with E-state index in [4.69, 9.17) is 14.6 Å². The lowest BCUT2D eigenvalue weighted by atomic mass is 10.2. The monoisotopic (exact) mass is 333 g/mol. The van der Waals surface area contributed by atoms with E-state index in [0.717, 1.165) is 0 Å². The molecule has 2 rings (SSSR count). The van der Waals surface area contributed by atoms with E-state index < -0.39 is 17.7 Å². The van der Waals surface area contributed by atoms with E-state index in [0.29, 0.717) is 12.3 Å². The van der Waals surface area contributed by atoms with E-state index in [1.54, 1.807) is 6.92 Å². The molecule has 0 aromatic heterocycles. The molecular formula is C17H16FNO5. The van der Waals surface area contributed by atoms with Gasteiger partial charge in [0.1, 0.15) is 5.82 Å². The minimum absolute atomic E-state index is 0.0570. The van der Waals surface area contributed by atoms with Gasteiger partial charge in [0.2, 0.25) is 0 Å². The van der Waals surface area contributed by atoms with Crippen molar-refractivity contribution in [1.29, 1.82) is 0 Å². The van der Waals surface area contributed by atoms with E-state index in [1.165, 1.54) is 42.5 Å². The van der Waals surface area contributed by atoms with Gasteiger partial charge in [-0.25, -0.2) is 9.18 Å². The lowest BCUT2D eigenvalue weighted by molar-refractivity contribution is -0.118. The molecule has 0 aliphatic carbocycles. The van der Waals surface area contributed by atoms with Crippen LogP contribution in [0.5, 0.6) is 11.5 Å². The van der Waals surface area contributed by atoms with Crippen molar-refractivity contribution in [2.24, 2.45) is 0 Å². The molecule has 0 saturated heterocycles. The molecule has 0 saturated carbocycles. The molecule has 2 aromatic carbocycles. The van der Waals surface area contributed by atoms with Crippen molar-refractivity contribution >= 4 is 17.6 Å². The number of carbonyl (C=O) groups is 2. The summed E-state index contributed by atoms with van der Waals surface area (Å²) in [5.74, 6) is -1.42. The largest absolute Gasteiger partial charge is 0.490 e. The van der Waals surface area contributed by atoms with Crippen LogP contribution in [0.15, 0.2) is 42.5 Å².